The van der Waals surface area contributed by atoms with Gasteiger partial charge in [0.05, 0.1) is 167 Å². The summed E-state index contributed by atoms with van der Waals surface area (Å²) in [6, 6.07) is 154. The summed E-state index contributed by atoms with van der Waals surface area (Å²) < 4.78 is 18.1. The van der Waals surface area contributed by atoms with Crippen molar-refractivity contribution in [3.05, 3.63) is 522 Å². The van der Waals surface area contributed by atoms with Crippen molar-refractivity contribution in [3.63, 3.8) is 0 Å². The molecule has 0 fully saturated rings. The standard InChI is InChI=1S/C56H32N6.C44H26N4.C36H26N4/c1-58-52-55(61-48-30-14-6-22-39(48)40-23-7-15-31-49(40)61)53(59-44-26-10-2-18-35(44)36-19-3-11-27-45(36)59)43(34-57)54(60-46-28-12-4-20-37(46)38-21-5-13-29-47(38)60)56(52)62-50-32-16-8-24-41(50)42-25-9-17-33-51(42)62;1-45-41-39(29-17-5-3-6-18-29)43(47-35-25-13-9-21-31(35)32-22-10-14-26-36(32)47)44(40(42(41)46-2)30-19-7-4-8-20-30)48-37-27-15-11-23-33(37)34-24-12-16-28-38(34)48;1-21-7-11-31-25(15-21)26-16-22(2)8-12-32(26)39(31)35-19-29(37-5)30(38-6)20-36(35)40-33-13-9-23(3)17-27(33)28-18-24(4)10-14-34(28)40/h2-33H;3-28H;7-20H,1-4H3. The fraction of sp³-hybridized carbons (Fsp3) is 0.0294. The minimum atomic E-state index is 0.344. The molecule has 0 radical (unpaired) electrons. The largest absolute Gasteiger partial charge is 0.317 e. The molecule has 8 aromatic heterocycles. The summed E-state index contributed by atoms with van der Waals surface area (Å²) in [5.41, 5.74) is 32.4. The molecule has 0 aliphatic carbocycles. The van der Waals surface area contributed by atoms with Crippen LogP contribution in [0.2, 0.25) is 0 Å². The van der Waals surface area contributed by atoms with Crippen molar-refractivity contribution >= 4 is 203 Å². The van der Waals surface area contributed by atoms with Crippen molar-refractivity contribution in [2.75, 3.05) is 0 Å². The summed E-state index contributed by atoms with van der Waals surface area (Å²) in [5, 5.41) is 30.0. The lowest BCUT2D eigenvalue weighted by Crippen LogP contribution is -2.14. The SMILES string of the molecule is [C-]#[N+]c1c(-n2c3ccccc3c3ccccc32)c(-n2c3ccccc3c3ccccc32)c(C#N)c(-n2c3ccccc3c3ccccc32)c1-n1c2ccccc2c2ccccc21.[C-]#[N+]c1c([N+]#[C-])c(-c2ccccc2)c(-n2c3ccccc3c3ccccc32)c(-n2c3ccccc3c3ccccc32)c1-c1ccccc1.[C-]#[N+]c1cc(-n2c3ccc(C)cc3c3cc(C)ccc32)c(-n2c3ccc(C)cc3c3cc(C)ccc32)cc1[N+]#[C-]. The maximum absolute atomic E-state index is 12.3. The quantitative estimate of drug-likeness (QED) is 0.126. The molecule has 150 heavy (non-hydrogen) atoms. The van der Waals surface area contributed by atoms with Crippen molar-refractivity contribution in [3.8, 4) is 73.8 Å². The number of nitrogens with zero attached hydrogens (tertiary/aromatic N) is 14. The lowest BCUT2D eigenvalue weighted by molar-refractivity contribution is 1.04. The Kier molecular flexibility index (Phi) is 20.5. The second kappa shape index (κ2) is 34.9. The van der Waals surface area contributed by atoms with Gasteiger partial charge in [-0.3, -0.25) is 9.69 Å². The summed E-state index contributed by atoms with van der Waals surface area (Å²) in [5.74, 6) is 0. The van der Waals surface area contributed by atoms with Crippen LogP contribution in [-0.4, -0.2) is 36.5 Å². The summed E-state index contributed by atoms with van der Waals surface area (Å²) in [4.78, 5) is 20.7. The third-order valence-corrected chi connectivity index (χ3v) is 30.1. The van der Waals surface area contributed by atoms with E-state index in [9.17, 15) is 11.8 Å². The molecule has 0 saturated heterocycles. The number of benzene rings is 21. The Bertz CT molecular complexity index is 9840. The van der Waals surface area contributed by atoms with Gasteiger partial charge in [0.2, 0.25) is 17.1 Å². The highest BCUT2D eigenvalue weighted by molar-refractivity contribution is 6.22. The van der Waals surface area contributed by atoms with Crippen molar-refractivity contribution in [1.82, 2.24) is 36.5 Å². The highest BCUT2D eigenvalue weighted by Crippen LogP contribution is 2.58. The van der Waals surface area contributed by atoms with Gasteiger partial charge < -0.3 is 36.5 Å². The zero-order valence-electron chi connectivity index (χ0n) is 81.8. The first-order valence-corrected chi connectivity index (χ1v) is 49.9. The summed E-state index contributed by atoms with van der Waals surface area (Å²) in [7, 11) is 0. The van der Waals surface area contributed by atoms with Gasteiger partial charge in [-0.1, -0.05) is 326 Å². The van der Waals surface area contributed by atoms with Crippen LogP contribution in [0.15, 0.2) is 437 Å². The number of hydrogen-bond donors (Lipinski definition) is 0. The average Bonchev–Trinajstić information content (AvgIpc) is 1.52. The Labute approximate surface area is 861 Å². The third kappa shape index (κ3) is 13.2. The number of aryl methyl sites for hydroxylation is 4. The highest BCUT2D eigenvalue weighted by Gasteiger charge is 2.37. The normalized spacial score (nSPS) is 11.6. The molecule has 21 aromatic carbocycles. The second-order valence-electron chi connectivity index (χ2n) is 38.5. The van der Waals surface area contributed by atoms with Gasteiger partial charge in [0.25, 0.3) is 0 Å². The van der Waals surface area contributed by atoms with E-state index in [0.29, 0.717) is 56.7 Å². The summed E-state index contributed by atoms with van der Waals surface area (Å²) in [6.07, 6.45) is 0. The average molecular weight is 1910 g/mol. The number of hydrogen-bond acceptors (Lipinski definition) is 1. The Balaban J connectivity index is 0.000000114. The van der Waals surface area contributed by atoms with E-state index in [0.717, 1.165) is 198 Å². The van der Waals surface area contributed by atoms with Crippen LogP contribution in [0.3, 0.4) is 0 Å². The zero-order valence-corrected chi connectivity index (χ0v) is 81.8. The van der Waals surface area contributed by atoms with Gasteiger partial charge in [-0.25, -0.2) is 14.5 Å². The van der Waals surface area contributed by atoms with E-state index in [1.165, 1.54) is 43.8 Å². The molecule has 0 bridgehead atoms. The molecule has 0 N–H and O–H groups in total. The third-order valence-electron chi connectivity index (χ3n) is 30.1. The Morgan fingerprint density at radius 2 is 0.367 bits per heavy atom. The molecular formula is C136H84N14. The van der Waals surface area contributed by atoms with Crippen LogP contribution >= 0.6 is 0 Å². The fourth-order valence-corrected chi connectivity index (χ4v) is 24.0. The molecule has 14 nitrogen and oxygen atoms in total. The molecule has 29 rings (SSSR count). The first kappa shape index (κ1) is 87.9. The van der Waals surface area contributed by atoms with E-state index in [2.05, 4.69) is 454 Å². The van der Waals surface area contributed by atoms with Crippen LogP contribution in [0.25, 0.3) is 266 Å². The lowest BCUT2D eigenvalue weighted by atomic mass is 9.91. The van der Waals surface area contributed by atoms with Crippen molar-refractivity contribution in [2.45, 2.75) is 27.7 Å². The molecule has 8 heterocycles. The predicted molar refractivity (Wildman–Crippen MR) is 620 cm³/mol. The van der Waals surface area contributed by atoms with E-state index >= 15 is 0 Å². The second-order valence-corrected chi connectivity index (χ2v) is 38.5. The monoisotopic (exact) mass is 1910 g/mol. The Hall–Kier alpha value is -21.0. The van der Waals surface area contributed by atoms with E-state index in [-0.39, 0.29) is 0 Å². The molecule has 0 unspecified atom stereocenters. The molecule has 0 saturated carbocycles. The van der Waals surface area contributed by atoms with E-state index < -0.39 is 0 Å². The molecule has 0 atom stereocenters. The van der Waals surface area contributed by atoms with E-state index in [4.69, 9.17) is 31.1 Å². The molecule has 14 heteroatoms. The smallest absolute Gasteiger partial charge is 0.238 e. The lowest BCUT2D eigenvalue weighted by Gasteiger charge is -2.27. The van der Waals surface area contributed by atoms with Crippen LogP contribution in [0.1, 0.15) is 27.8 Å². The van der Waals surface area contributed by atoms with Crippen LogP contribution < -0.4 is 0 Å². The van der Waals surface area contributed by atoms with Crippen LogP contribution in [-0.2, 0) is 0 Å². The van der Waals surface area contributed by atoms with Gasteiger partial charge in [0.1, 0.15) is 11.6 Å². The molecule has 29 aromatic rings. The van der Waals surface area contributed by atoms with E-state index in [1.807, 2.05) is 72.8 Å². The first-order valence-electron chi connectivity index (χ1n) is 49.9. The fourth-order valence-electron chi connectivity index (χ4n) is 24.0. The molecule has 0 spiro atoms. The molecule has 698 valence electrons. The minimum Gasteiger partial charge on any atom is -0.317 e. The molecular weight excluding hydrogens is 1830 g/mol. The van der Waals surface area contributed by atoms with Crippen molar-refractivity contribution < 1.29 is 0 Å². The number of rotatable bonds is 10. The Morgan fingerprint density at radius 1 is 0.180 bits per heavy atom. The Morgan fingerprint density at radius 3 is 0.567 bits per heavy atom. The predicted octanol–water partition coefficient (Wildman–Crippen LogP) is 37.0. The van der Waals surface area contributed by atoms with Gasteiger partial charge in [-0.2, -0.15) is 5.26 Å². The maximum Gasteiger partial charge on any atom is 0.238 e. The van der Waals surface area contributed by atoms with Gasteiger partial charge in [0, 0.05) is 97.3 Å². The highest BCUT2D eigenvalue weighted by atomic mass is 15.1. The van der Waals surface area contributed by atoms with Gasteiger partial charge in [-0.15, -0.1) is 0 Å². The summed E-state index contributed by atoms with van der Waals surface area (Å²) >= 11 is 0. The number of aromatic nitrogens is 8. The van der Waals surface area contributed by atoms with Crippen molar-refractivity contribution in [2.24, 2.45) is 0 Å². The molecule has 0 aliphatic rings. The zero-order chi connectivity index (χ0) is 101. The summed E-state index contributed by atoms with van der Waals surface area (Å²) in [6.45, 7) is 51.2. The number of nitriles is 1. The van der Waals surface area contributed by atoms with E-state index in [1.54, 1.807) is 0 Å². The van der Waals surface area contributed by atoms with Gasteiger partial charge >= 0.3 is 0 Å². The van der Waals surface area contributed by atoms with Gasteiger partial charge in [-0.05, 0) is 172 Å². The molecule has 0 amide bonds. The van der Waals surface area contributed by atoms with Gasteiger partial charge in [0.15, 0.2) is 11.4 Å². The van der Waals surface area contributed by atoms with Crippen molar-refractivity contribution in [1.29, 1.82) is 5.26 Å². The van der Waals surface area contributed by atoms with Crippen LogP contribution in [0.5, 0.6) is 0 Å². The number of para-hydroxylation sites is 12. The van der Waals surface area contributed by atoms with Crippen LogP contribution in [0, 0.1) is 71.9 Å². The topological polar surface area (TPSA) is 85.0 Å². The maximum atomic E-state index is 12.3. The molecule has 0 aliphatic heterocycles. The first-order chi connectivity index (χ1) is 73.9. The number of fused-ring (bicyclic) bond motifs is 24. The minimum absolute atomic E-state index is 0.344. The van der Waals surface area contributed by atoms with Crippen LogP contribution in [0.4, 0.5) is 28.4 Å².